The van der Waals surface area contributed by atoms with Crippen LogP contribution in [0.15, 0.2) is 14.3 Å². The van der Waals surface area contributed by atoms with Gasteiger partial charge in [-0.25, -0.2) is 0 Å². The highest BCUT2D eigenvalue weighted by molar-refractivity contribution is 9.13. The molecule has 0 unspecified atom stereocenters. The minimum atomic E-state index is -0.778. The third-order valence-corrected chi connectivity index (χ3v) is 6.72. The van der Waals surface area contributed by atoms with E-state index in [9.17, 15) is 4.79 Å². The maximum atomic E-state index is 10.8. The molecule has 0 spiro atoms. The number of thiophene rings is 1. The summed E-state index contributed by atoms with van der Waals surface area (Å²) < 4.78 is 2.06. The quantitative estimate of drug-likeness (QED) is 0.837. The molecule has 1 aliphatic rings. The summed E-state index contributed by atoms with van der Waals surface area (Å²) in [6.45, 7) is 0. The highest BCUT2D eigenvalue weighted by atomic mass is 79.9. The fraction of sp³-hybridized carbons (Fsp3) is 0.375. The number of halogens is 2. The molecule has 2 N–H and O–H groups in total. The van der Waals surface area contributed by atoms with E-state index in [-0.39, 0.29) is 5.37 Å². The molecule has 0 aromatic carbocycles. The van der Waals surface area contributed by atoms with Gasteiger partial charge in [-0.15, -0.1) is 23.1 Å². The van der Waals surface area contributed by atoms with E-state index in [0.29, 0.717) is 5.75 Å². The second-order valence-corrected chi connectivity index (χ2v) is 7.44. The van der Waals surface area contributed by atoms with Gasteiger partial charge in [0.15, 0.2) is 0 Å². The van der Waals surface area contributed by atoms with Gasteiger partial charge in [0.2, 0.25) is 0 Å². The van der Waals surface area contributed by atoms with Gasteiger partial charge in [-0.05, 0) is 37.9 Å². The molecule has 7 heteroatoms. The number of nitrogens with one attached hydrogen (secondary N) is 1. The maximum absolute atomic E-state index is 10.8. The molecule has 1 fully saturated rings. The Labute approximate surface area is 112 Å². The van der Waals surface area contributed by atoms with Gasteiger partial charge < -0.3 is 5.11 Å². The number of hydrogen-bond donors (Lipinski definition) is 2. The molecule has 82 valence electrons. The van der Waals surface area contributed by atoms with Gasteiger partial charge in [0.05, 0.1) is 9.16 Å². The number of carboxylic acids is 1. The third kappa shape index (κ3) is 2.58. The van der Waals surface area contributed by atoms with Gasteiger partial charge >= 0.3 is 5.97 Å². The molecule has 2 atom stereocenters. The summed E-state index contributed by atoms with van der Waals surface area (Å²) in [7, 11) is 0. The highest BCUT2D eigenvalue weighted by Gasteiger charge is 2.31. The van der Waals surface area contributed by atoms with E-state index in [1.165, 1.54) is 0 Å². The van der Waals surface area contributed by atoms with Gasteiger partial charge in [-0.2, -0.15) is 0 Å². The molecule has 1 aromatic heterocycles. The van der Waals surface area contributed by atoms with E-state index >= 15 is 0 Å². The largest absolute Gasteiger partial charge is 0.480 e. The molecule has 0 radical (unpaired) electrons. The second kappa shape index (κ2) is 4.75. The molecule has 15 heavy (non-hydrogen) atoms. The summed E-state index contributed by atoms with van der Waals surface area (Å²) in [4.78, 5) is 11.9. The Morgan fingerprint density at radius 1 is 1.60 bits per heavy atom. The Hall–Kier alpha value is 0.440. The standard InChI is InChI=1S/C8H7Br2NO2S2/c9-3-1-5(15-6(3)10)7-11-4(2-14-7)8(12)13/h1,4,7,11H,2H2,(H,12,13)/t4-,7-/m1/s1. The van der Waals surface area contributed by atoms with Crippen LogP contribution in [0.5, 0.6) is 0 Å². The normalized spacial score (nSPS) is 25.7. The van der Waals surface area contributed by atoms with Crippen LogP contribution in [-0.2, 0) is 4.79 Å². The Morgan fingerprint density at radius 3 is 2.80 bits per heavy atom. The molecule has 0 bridgehead atoms. The Kier molecular flexibility index (Phi) is 3.77. The average molecular weight is 373 g/mol. The van der Waals surface area contributed by atoms with Gasteiger partial charge in [-0.1, -0.05) is 0 Å². The lowest BCUT2D eigenvalue weighted by atomic mass is 10.3. The smallest absolute Gasteiger partial charge is 0.321 e. The summed E-state index contributed by atoms with van der Waals surface area (Å²) in [6, 6.07) is 1.59. The molecule has 1 aromatic rings. The zero-order chi connectivity index (χ0) is 11.0. The Bertz CT molecular complexity index is 376. The molecule has 0 aliphatic carbocycles. The van der Waals surface area contributed by atoms with Crippen molar-refractivity contribution in [2.75, 3.05) is 5.75 Å². The SMILES string of the molecule is O=C(O)[C@H]1CS[C@H](c2cc(Br)c(Br)s2)N1. The van der Waals surface area contributed by atoms with Gasteiger partial charge in [-0.3, -0.25) is 10.1 Å². The lowest BCUT2D eigenvalue weighted by molar-refractivity contribution is -0.138. The average Bonchev–Trinajstić information content (AvgIpc) is 2.74. The zero-order valence-electron chi connectivity index (χ0n) is 7.37. The molecule has 1 aliphatic heterocycles. The lowest BCUT2D eigenvalue weighted by Gasteiger charge is -2.07. The molecule has 2 rings (SSSR count). The summed E-state index contributed by atoms with van der Waals surface area (Å²) in [5.74, 6) is -0.160. The molecule has 1 saturated heterocycles. The van der Waals surface area contributed by atoms with Crippen molar-refractivity contribution in [1.82, 2.24) is 5.32 Å². The summed E-state index contributed by atoms with van der Waals surface area (Å²) in [5.41, 5.74) is 0. The van der Waals surface area contributed by atoms with Crippen molar-refractivity contribution in [2.24, 2.45) is 0 Å². The Morgan fingerprint density at radius 2 is 2.33 bits per heavy atom. The van der Waals surface area contributed by atoms with E-state index in [0.717, 1.165) is 13.1 Å². The van der Waals surface area contributed by atoms with Crippen LogP contribution in [-0.4, -0.2) is 22.9 Å². The first-order valence-corrected chi connectivity index (χ1v) is 7.58. The van der Waals surface area contributed by atoms with Crippen LogP contribution in [0.2, 0.25) is 0 Å². The predicted molar refractivity (Wildman–Crippen MR) is 69.5 cm³/mol. The number of thioether (sulfide) groups is 1. The maximum Gasteiger partial charge on any atom is 0.321 e. The topological polar surface area (TPSA) is 49.3 Å². The van der Waals surface area contributed by atoms with Gasteiger partial charge in [0.25, 0.3) is 0 Å². The molecule has 2 heterocycles. The summed E-state index contributed by atoms with van der Waals surface area (Å²) in [6.07, 6.45) is 0. The number of carbonyl (C=O) groups is 1. The minimum Gasteiger partial charge on any atom is -0.480 e. The fourth-order valence-electron chi connectivity index (χ4n) is 1.27. The van der Waals surface area contributed by atoms with Crippen LogP contribution in [0.3, 0.4) is 0 Å². The van der Waals surface area contributed by atoms with Crippen LogP contribution in [0, 0.1) is 0 Å². The van der Waals surface area contributed by atoms with Crippen molar-refractivity contribution in [2.45, 2.75) is 11.4 Å². The number of aliphatic carboxylic acids is 1. The number of carboxylic acid groups (broad SMARTS) is 1. The first-order valence-electron chi connectivity index (χ1n) is 4.13. The zero-order valence-corrected chi connectivity index (χ0v) is 12.2. The van der Waals surface area contributed by atoms with Crippen LogP contribution in [0.25, 0.3) is 0 Å². The molecule has 3 nitrogen and oxygen atoms in total. The summed E-state index contributed by atoms with van der Waals surface area (Å²) in [5, 5.41) is 12.0. The van der Waals surface area contributed by atoms with Crippen LogP contribution >= 0.6 is 55.0 Å². The van der Waals surface area contributed by atoms with E-state index in [1.807, 2.05) is 6.07 Å². The van der Waals surface area contributed by atoms with E-state index in [4.69, 9.17) is 5.11 Å². The number of hydrogen-bond acceptors (Lipinski definition) is 4. The van der Waals surface area contributed by atoms with Crippen molar-refractivity contribution in [3.63, 3.8) is 0 Å². The predicted octanol–water partition coefficient (Wildman–Crippen LogP) is 3.06. The van der Waals surface area contributed by atoms with Gasteiger partial charge in [0, 0.05) is 15.1 Å². The van der Waals surface area contributed by atoms with Crippen molar-refractivity contribution >= 4 is 60.9 Å². The lowest BCUT2D eigenvalue weighted by Crippen LogP contribution is -2.33. The minimum absolute atomic E-state index is 0.0960. The van der Waals surface area contributed by atoms with E-state index in [2.05, 4.69) is 37.2 Å². The van der Waals surface area contributed by atoms with E-state index < -0.39 is 12.0 Å². The Balaban J connectivity index is 2.11. The first-order chi connectivity index (χ1) is 7.08. The van der Waals surface area contributed by atoms with Crippen LogP contribution in [0.4, 0.5) is 0 Å². The summed E-state index contributed by atoms with van der Waals surface area (Å²) >= 11 is 10.1. The van der Waals surface area contributed by atoms with E-state index in [1.54, 1.807) is 23.1 Å². The van der Waals surface area contributed by atoms with Crippen molar-refractivity contribution in [1.29, 1.82) is 0 Å². The second-order valence-electron chi connectivity index (χ2n) is 3.04. The third-order valence-electron chi connectivity index (χ3n) is 2.00. The monoisotopic (exact) mass is 371 g/mol. The number of rotatable bonds is 2. The fourth-order valence-corrected chi connectivity index (χ4v) is 4.77. The molecule has 0 amide bonds. The van der Waals surface area contributed by atoms with Crippen molar-refractivity contribution in [3.05, 3.63) is 19.2 Å². The molecule has 0 saturated carbocycles. The van der Waals surface area contributed by atoms with Crippen molar-refractivity contribution < 1.29 is 9.90 Å². The van der Waals surface area contributed by atoms with Gasteiger partial charge in [0.1, 0.15) is 6.04 Å². The molecular weight excluding hydrogens is 366 g/mol. The van der Waals surface area contributed by atoms with Crippen molar-refractivity contribution in [3.8, 4) is 0 Å². The molecular formula is C8H7Br2NO2S2. The van der Waals surface area contributed by atoms with Crippen LogP contribution < -0.4 is 5.32 Å². The first kappa shape index (κ1) is 11.9. The van der Waals surface area contributed by atoms with Crippen LogP contribution in [0.1, 0.15) is 10.3 Å². The highest BCUT2D eigenvalue weighted by Crippen LogP contribution is 2.41.